The van der Waals surface area contributed by atoms with Crippen molar-refractivity contribution in [3.8, 4) is 0 Å². The molecule has 0 amide bonds. The highest BCUT2D eigenvalue weighted by molar-refractivity contribution is 6.31. The Morgan fingerprint density at radius 3 is 2.68 bits per heavy atom. The Labute approximate surface area is 121 Å². The Hall–Kier alpha value is -0.800. The number of hydrogen-bond donors (Lipinski definition) is 0. The number of nitrogens with zero attached hydrogens (tertiary/aromatic N) is 3. The van der Waals surface area contributed by atoms with Gasteiger partial charge in [-0.05, 0) is 58.3 Å². The van der Waals surface area contributed by atoms with E-state index in [1.165, 1.54) is 32.4 Å². The summed E-state index contributed by atoms with van der Waals surface area (Å²) in [4.78, 5) is 9.34. The van der Waals surface area contributed by atoms with Crippen LogP contribution in [-0.4, -0.2) is 42.6 Å². The van der Waals surface area contributed by atoms with Crippen molar-refractivity contribution in [3.63, 3.8) is 0 Å². The fraction of sp³-hybridized carbons (Fsp3) is 0.667. The van der Waals surface area contributed by atoms with Crippen molar-refractivity contribution in [1.82, 2.24) is 9.88 Å². The van der Waals surface area contributed by atoms with E-state index in [0.29, 0.717) is 6.04 Å². The summed E-state index contributed by atoms with van der Waals surface area (Å²) in [6.07, 6.45) is 3.90. The maximum atomic E-state index is 6.01. The highest BCUT2D eigenvalue weighted by atomic mass is 35.5. The van der Waals surface area contributed by atoms with Crippen LogP contribution >= 0.6 is 11.6 Å². The molecule has 0 aliphatic carbocycles. The number of rotatable bonds is 5. The van der Waals surface area contributed by atoms with Gasteiger partial charge in [0.05, 0.1) is 10.7 Å². The van der Waals surface area contributed by atoms with Crippen LogP contribution in [0.2, 0.25) is 5.02 Å². The van der Waals surface area contributed by atoms with Gasteiger partial charge < -0.3 is 9.80 Å². The maximum Gasteiger partial charge on any atom is 0.128 e. The number of pyridine rings is 1. The summed E-state index contributed by atoms with van der Waals surface area (Å²) in [5.74, 6) is 1.01. The van der Waals surface area contributed by atoms with Crippen LogP contribution in [0.5, 0.6) is 0 Å². The van der Waals surface area contributed by atoms with Gasteiger partial charge in [-0.25, -0.2) is 4.98 Å². The predicted octanol–water partition coefficient (Wildman–Crippen LogP) is 3.35. The molecule has 4 heteroatoms. The molecule has 3 nitrogen and oxygen atoms in total. The molecular weight excluding hydrogens is 258 g/mol. The van der Waals surface area contributed by atoms with Gasteiger partial charge in [-0.2, -0.15) is 0 Å². The van der Waals surface area contributed by atoms with Gasteiger partial charge in [0.2, 0.25) is 0 Å². The van der Waals surface area contributed by atoms with E-state index in [4.69, 9.17) is 11.6 Å². The molecule has 1 aromatic heterocycles. The lowest BCUT2D eigenvalue weighted by Crippen LogP contribution is -2.33. The van der Waals surface area contributed by atoms with Crippen LogP contribution in [0.15, 0.2) is 12.1 Å². The maximum absolute atomic E-state index is 6.01. The molecule has 19 heavy (non-hydrogen) atoms. The lowest BCUT2D eigenvalue weighted by molar-refractivity contribution is 0.249. The molecular formula is C15H24ClN3. The molecule has 2 heterocycles. The van der Waals surface area contributed by atoms with Crippen LogP contribution in [0.3, 0.4) is 0 Å². The lowest BCUT2D eigenvalue weighted by atomic mass is 10.2. The monoisotopic (exact) mass is 281 g/mol. The summed E-state index contributed by atoms with van der Waals surface area (Å²) in [5.41, 5.74) is 0.901. The summed E-state index contributed by atoms with van der Waals surface area (Å²) < 4.78 is 0. The Bertz CT molecular complexity index is 416. The second kappa shape index (κ2) is 6.58. The largest absolute Gasteiger partial charge is 0.360 e. The predicted molar refractivity (Wildman–Crippen MR) is 82.1 cm³/mol. The zero-order valence-electron chi connectivity index (χ0n) is 12.2. The number of halogens is 1. The van der Waals surface area contributed by atoms with Crippen LogP contribution in [0, 0.1) is 6.92 Å². The van der Waals surface area contributed by atoms with Crippen molar-refractivity contribution in [2.45, 2.75) is 39.2 Å². The number of aryl methyl sites for hydroxylation is 1. The van der Waals surface area contributed by atoms with Gasteiger partial charge in [0.1, 0.15) is 5.82 Å². The SMILES string of the molecule is Cc1nc(N(C)CCC(C)N2CCCC2)ccc1Cl. The van der Waals surface area contributed by atoms with E-state index in [2.05, 4.69) is 28.8 Å². The Morgan fingerprint density at radius 1 is 1.37 bits per heavy atom. The first-order chi connectivity index (χ1) is 9.08. The molecule has 1 unspecified atom stereocenters. The van der Waals surface area contributed by atoms with Crippen LogP contribution < -0.4 is 4.90 Å². The fourth-order valence-electron chi connectivity index (χ4n) is 2.60. The summed E-state index contributed by atoms with van der Waals surface area (Å²) >= 11 is 6.01. The van der Waals surface area contributed by atoms with E-state index < -0.39 is 0 Å². The minimum absolute atomic E-state index is 0.665. The van der Waals surface area contributed by atoms with Crippen molar-refractivity contribution < 1.29 is 0 Å². The van der Waals surface area contributed by atoms with Crippen molar-refractivity contribution in [3.05, 3.63) is 22.8 Å². The molecule has 0 radical (unpaired) electrons. The van der Waals surface area contributed by atoms with Gasteiger partial charge in [0.25, 0.3) is 0 Å². The molecule has 0 saturated carbocycles. The van der Waals surface area contributed by atoms with Gasteiger partial charge >= 0.3 is 0 Å². The van der Waals surface area contributed by atoms with E-state index in [9.17, 15) is 0 Å². The average Bonchev–Trinajstić information content (AvgIpc) is 2.92. The third-order valence-corrected chi connectivity index (χ3v) is 4.44. The van der Waals surface area contributed by atoms with Crippen LogP contribution in [0.4, 0.5) is 5.82 Å². The third-order valence-electron chi connectivity index (χ3n) is 4.04. The molecule has 1 aromatic rings. The van der Waals surface area contributed by atoms with Gasteiger partial charge in [0.15, 0.2) is 0 Å². The molecule has 1 atom stereocenters. The third kappa shape index (κ3) is 3.83. The second-order valence-corrected chi connectivity index (χ2v) is 5.95. The summed E-state index contributed by atoms with van der Waals surface area (Å²) in [6, 6.07) is 4.59. The van der Waals surface area contributed by atoms with Crippen LogP contribution in [-0.2, 0) is 0 Å². The van der Waals surface area contributed by atoms with Crippen molar-refractivity contribution in [1.29, 1.82) is 0 Å². The average molecular weight is 282 g/mol. The van der Waals surface area contributed by atoms with Gasteiger partial charge in [0, 0.05) is 19.6 Å². The number of hydrogen-bond acceptors (Lipinski definition) is 3. The molecule has 0 aromatic carbocycles. The van der Waals surface area contributed by atoms with Crippen molar-refractivity contribution >= 4 is 17.4 Å². The van der Waals surface area contributed by atoms with Gasteiger partial charge in [-0.3, -0.25) is 0 Å². The number of likely N-dealkylation sites (tertiary alicyclic amines) is 1. The molecule has 0 N–H and O–H groups in total. The first-order valence-corrected chi connectivity index (χ1v) is 7.54. The highest BCUT2D eigenvalue weighted by Crippen LogP contribution is 2.19. The minimum Gasteiger partial charge on any atom is -0.360 e. The summed E-state index contributed by atoms with van der Waals surface area (Å²) in [7, 11) is 2.10. The highest BCUT2D eigenvalue weighted by Gasteiger charge is 2.18. The van der Waals surface area contributed by atoms with Crippen molar-refractivity contribution in [2.75, 3.05) is 31.6 Å². The molecule has 106 valence electrons. The molecule has 0 bridgehead atoms. The lowest BCUT2D eigenvalue weighted by Gasteiger charge is -2.26. The molecule has 1 aliphatic heterocycles. The van der Waals surface area contributed by atoms with E-state index >= 15 is 0 Å². The summed E-state index contributed by atoms with van der Waals surface area (Å²) in [6.45, 7) is 7.85. The molecule has 0 spiro atoms. The Kier molecular flexibility index (Phi) is 5.06. The van der Waals surface area contributed by atoms with E-state index in [0.717, 1.165) is 23.1 Å². The standard InChI is InChI=1S/C15H24ClN3/c1-12(19-9-4-5-10-19)8-11-18(3)15-7-6-14(16)13(2)17-15/h6-7,12H,4-5,8-11H2,1-3H3. The smallest absolute Gasteiger partial charge is 0.128 e. The molecule has 1 saturated heterocycles. The quantitative estimate of drug-likeness (QED) is 0.825. The zero-order valence-corrected chi connectivity index (χ0v) is 13.0. The second-order valence-electron chi connectivity index (χ2n) is 5.54. The molecule has 2 rings (SSSR count). The minimum atomic E-state index is 0.665. The topological polar surface area (TPSA) is 19.4 Å². The van der Waals surface area contributed by atoms with Crippen LogP contribution in [0.25, 0.3) is 0 Å². The van der Waals surface area contributed by atoms with Gasteiger partial charge in [-0.15, -0.1) is 0 Å². The summed E-state index contributed by atoms with van der Waals surface area (Å²) in [5, 5.41) is 0.739. The Balaban J connectivity index is 1.86. The zero-order chi connectivity index (χ0) is 13.8. The van der Waals surface area contributed by atoms with Crippen molar-refractivity contribution in [2.24, 2.45) is 0 Å². The molecule has 1 fully saturated rings. The van der Waals surface area contributed by atoms with E-state index in [-0.39, 0.29) is 0 Å². The first kappa shape index (κ1) is 14.6. The number of anilines is 1. The van der Waals surface area contributed by atoms with Crippen LogP contribution in [0.1, 0.15) is 31.9 Å². The Morgan fingerprint density at radius 2 is 2.05 bits per heavy atom. The van der Waals surface area contributed by atoms with E-state index in [1.54, 1.807) is 0 Å². The normalized spacial score (nSPS) is 17.7. The fourth-order valence-corrected chi connectivity index (χ4v) is 2.71. The molecule has 1 aliphatic rings. The van der Waals surface area contributed by atoms with Gasteiger partial charge in [-0.1, -0.05) is 11.6 Å². The van der Waals surface area contributed by atoms with E-state index in [1.807, 2.05) is 19.1 Å². The number of aromatic nitrogens is 1. The first-order valence-electron chi connectivity index (χ1n) is 7.16.